The fourth-order valence-corrected chi connectivity index (χ4v) is 4.71. The van der Waals surface area contributed by atoms with Gasteiger partial charge in [0, 0.05) is 4.47 Å². The van der Waals surface area contributed by atoms with Gasteiger partial charge in [-0.15, -0.1) is 0 Å². The number of aliphatic carboxylic acids is 1. The largest absolute Gasteiger partial charge is 0.480 e. The molecule has 1 aromatic carbocycles. The zero-order chi connectivity index (χ0) is 15.5. The molecule has 1 aromatic rings. The molecule has 0 heterocycles. The number of halogens is 3. The fourth-order valence-electron chi connectivity index (χ4n) is 1.55. The summed E-state index contributed by atoms with van der Waals surface area (Å²) in [4.78, 5) is 10.7. The first-order valence-electron chi connectivity index (χ1n) is 5.58. The van der Waals surface area contributed by atoms with E-state index in [4.69, 9.17) is 28.3 Å². The van der Waals surface area contributed by atoms with E-state index < -0.39 is 22.0 Å². The van der Waals surface area contributed by atoms with E-state index in [1.807, 2.05) is 0 Å². The molecule has 0 fully saturated rings. The normalized spacial score (nSPS) is 13.2. The maximum Gasteiger partial charge on any atom is 0.321 e. The molecule has 0 radical (unpaired) electrons. The van der Waals surface area contributed by atoms with Gasteiger partial charge in [-0.3, -0.25) is 4.79 Å². The number of carboxylic acid groups (broad SMARTS) is 1. The van der Waals surface area contributed by atoms with E-state index in [0.29, 0.717) is 10.9 Å². The van der Waals surface area contributed by atoms with Gasteiger partial charge in [-0.2, -0.15) is 4.72 Å². The molecule has 0 bridgehead atoms. The molecule has 0 saturated carbocycles. The fraction of sp³-hybridized carbons (Fsp3) is 0.364. The van der Waals surface area contributed by atoms with Crippen LogP contribution in [0.5, 0.6) is 0 Å². The molecule has 0 saturated heterocycles. The van der Waals surface area contributed by atoms with Crippen molar-refractivity contribution >= 4 is 55.1 Å². The first-order chi connectivity index (χ1) is 9.19. The summed E-state index contributed by atoms with van der Waals surface area (Å²) in [6, 6.07) is 1.52. The molecule has 0 aliphatic heterocycles. The Labute approximate surface area is 135 Å². The van der Waals surface area contributed by atoms with Gasteiger partial charge in [-0.25, -0.2) is 8.42 Å². The monoisotopic (exact) mass is 403 g/mol. The Bertz CT molecular complexity index is 598. The van der Waals surface area contributed by atoms with Gasteiger partial charge in [-0.05, 0) is 18.6 Å². The Balaban J connectivity index is 3.20. The second-order valence-corrected chi connectivity index (χ2v) is 7.38. The lowest BCUT2D eigenvalue weighted by Gasteiger charge is -2.15. The zero-order valence-electron chi connectivity index (χ0n) is 10.4. The van der Waals surface area contributed by atoms with Gasteiger partial charge in [0.1, 0.15) is 10.9 Å². The molecule has 0 amide bonds. The molecule has 1 rings (SSSR count). The minimum atomic E-state index is -4.12. The first kappa shape index (κ1) is 17.7. The van der Waals surface area contributed by atoms with E-state index in [9.17, 15) is 13.2 Å². The third-order valence-electron chi connectivity index (χ3n) is 2.40. The molecule has 5 nitrogen and oxygen atoms in total. The topological polar surface area (TPSA) is 83.5 Å². The minimum absolute atomic E-state index is 0.0856. The Morgan fingerprint density at radius 1 is 1.40 bits per heavy atom. The predicted molar refractivity (Wildman–Crippen MR) is 80.8 cm³/mol. The molecule has 0 spiro atoms. The van der Waals surface area contributed by atoms with E-state index in [-0.39, 0.29) is 21.4 Å². The van der Waals surface area contributed by atoms with Crippen molar-refractivity contribution in [2.75, 3.05) is 0 Å². The summed E-state index contributed by atoms with van der Waals surface area (Å²) in [6.45, 7) is 1.75. The van der Waals surface area contributed by atoms with E-state index in [1.54, 1.807) is 6.92 Å². The van der Waals surface area contributed by atoms with Crippen molar-refractivity contribution in [3.05, 3.63) is 26.7 Å². The second kappa shape index (κ2) is 7.09. The van der Waals surface area contributed by atoms with Crippen molar-refractivity contribution in [3.8, 4) is 0 Å². The molecule has 9 heteroatoms. The third-order valence-corrected chi connectivity index (χ3v) is 5.25. The van der Waals surface area contributed by atoms with Crippen molar-refractivity contribution in [1.82, 2.24) is 4.72 Å². The van der Waals surface area contributed by atoms with Crippen LogP contribution in [0.25, 0.3) is 0 Å². The number of benzene rings is 1. The third kappa shape index (κ3) is 4.33. The van der Waals surface area contributed by atoms with Crippen LogP contribution in [0.2, 0.25) is 10.0 Å². The Morgan fingerprint density at radius 3 is 2.30 bits per heavy atom. The quantitative estimate of drug-likeness (QED) is 0.761. The first-order valence-corrected chi connectivity index (χ1v) is 8.62. The van der Waals surface area contributed by atoms with E-state index in [2.05, 4.69) is 20.7 Å². The smallest absolute Gasteiger partial charge is 0.321 e. The lowest BCUT2D eigenvalue weighted by Crippen LogP contribution is -2.40. The maximum absolute atomic E-state index is 12.2. The second-order valence-electron chi connectivity index (χ2n) is 4.00. The van der Waals surface area contributed by atoms with Crippen molar-refractivity contribution in [3.63, 3.8) is 0 Å². The highest BCUT2D eigenvalue weighted by atomic mass is 79.9. The highest BCUT2D eigenvalue weighted by molar-refractivity contribution is 9.10. The van der Waals surface area contributed by atoms with Crippen LogP contribution >= 0.6 is 39.1 Å². The molecule has 112 valence electrons. The summed E-state index contributed by atoms with van der Waals surface area (Å²) >= 11 is 14.9. The average molecular weight is 405 g/mol. The standard InChI is InChI=1S/C11H12BrCl2NO4S/c1-2-3-9(11(16)17)15-20(18,19)10-7(13)4-6(12)5-8(10)14/h4-5,9,15H,2-3H2,1H3,(H,16,17)/t9-/m0/s1. The van der Waals surface area contributed by atoms with Gasteiger partial charge in [0.05, 0.1) is 10.0 Å². The van der Waals surface area contributed by atoms with Crippen LogP contribution < -0.4 is 4.72 Å². The molecular weight excluding hydrogens is 393 g/mol. The number of carbonyl (C=O) groups is 1. The molecule has 0 aliphatic carbocycles. The number of hydrogen-bond acceptors (Lipinski definition) is 3. The number of sulfonamides is 1. The number of nitrogens with one attached hydrogen (secondary N) is 1. The number of rotatable bonds is 6. The van der Waals surface area contributed by atoms with Crippen LogP contribution in [0.15, 0.2) is 21.5 Å². The summed E-state index contributed by atoms with van der Waals surface area (Å²) in [5.74, 6) is -1.25. The zero-order valence-corrected chi connectivity index (χ0v) is 14.3. The molecule has 0 aliphatic rings. The molecule has 2 N–H and O–H groups in total. The number of carboxylic acids is 1. The van der Waals surface area contributed by atoms with Crippen LogP contribution in [-0.4, -0.2) is 25.5 Å². The van der Waals surface area contributed by atoms with Crippen molar-refractivity contribution in [2.45, 2.75) is 30.7 Å². The van der Waals surface area contributed by atoms with Crippen LogP contribution in [-0.2, 0) is 14.8 Å². The maximum atomic E-state index is 12.2. The Kier molecular flexibility index (Phi) is 6.27. The van der Waals surface area contributed by atoms with Gasteiger partial charge < -0.3 is 5.11 Å². The number of hydrogen-bond donors (Lipinski definition) is 2. The van der Waals surface area contributed by atoms with E-state index >= 15 is 0 Å². The summed E-state index contributed by atoms with van der Waals surface area (Å²) in [6.07, 6.45) is 0.682. The summed E-state index contributed by atoms with van der Waals surface area (Å²) in [5.41, 5.74) is 0. The van der Waals surface area contributed by atoms with Gasteiger partial charge in [0.25, 0.3) is 0 Å². The lowest BCUT2D eigenvalue weighted by atomic mass is 10.2. The highest BCUT2D eigenvalue weighted by Gasteiger charge is 2.28. The van der Waals surface area contributed by atoms with Crippen molar-refractivity contribution < 1.29 is 18.3 Å². The summed E-state index contributed by atoms with van der Waals surface area (Å²) < 4.78 is 27.1. The summed E-state index contributed by atoms with van der Waals surface area (Å²) in [7, 11) is -4.12. The van der Waals surface area contributed by atoms with Gasteiger partial charge in [0.2, 0.25) is 10.0 Å². The lowest BCUT2D eigenvalue weighted by molar-refractivity contribution is -0.139. The van der Waals surface area contributed by atoms with Crippen LogP contribution in [0.4, 0.5) is 0 Å². The van der Waals surface area contributed by atoms with Gasteiger partial charge in [0.15, 0.2) is 0 Å². The highest BCUT2D eigenvalue weighted by Crippen LogP contribution is 2.32. The predicted octanol–water partition coefficient (Wildman–Crippen LogP) is 3.29. The average Bonchev–Trinajstić information content (AvgIpc) is 2.25. The summed E-state index contributed by atoms with van der Waals surface area (Å²) in [5, 5.41) is 8.83. The molecule has 20 heavy (non-hydrogen) atoms. The Morgan fingerprint density at radius 2 is 1.90 bits per heavy atom. The molecule has 0 unspecified atom stereocenters. The molecule has 1 atom stereocenters. The molecule has 0 aromatic heterocycles. The van der Waals surface area contributed by atoms with E-state index in [0.717, 1.165) is 0 Å². The van der Waals surface area contributed by atoms with E-state index in [1.165, 1.54) is 12.1 Å². The molecular formula is C11H12BrCl2NO4S. The Hall–Kier alpha value is -0.340. The van der Waals surface area contributed by atoms with Gasteiger partial charge >= 0.3 is 5.97 Å². The SMILES string of the molecule is CCC[C@H](NS(=O)(=O)c1c(Cl)cc(Br)cc1Cl)C(=O)O. The van der Waals surface area contributed by atoms with Gasteiger partial charge in [-0.1, -0.05) is 52.5 Å². The van der Waals surface area contributed by atoms with Crippen LogP contribution in [0.1, 0.15) is 19.8 Å². The van der Waals surface area contributed by atoms with Crippen molar-refractivity contribution in [2.24, 2.45) is 0 Å². The van der Waals surface area contributed by atoms with Crippen molar-refractivity contribution in [1.29, 1.82) is 0 Å². The van der Waals surface area contributed by atoms with Crippen LogP contribution in [0.3, 0.4) is 0 Å². The van der Waals surface area contributed by atoms with Crippen LogP contribution in [0, 0.1) is 0 Å². The minimum Gasteiger partial charge on any atom is -0.480 e.